The quantitative estimate of drug-likeness (QED) is 0.0262. The zero-order valence-electron chi connectivity index (χ0n) is 45.1. The first-order valence-electron chi connectivity index (χ1n) is 29.3. The molecular weight excluding hydrogens is 841 g/mol. The molecule has 0 aliphatic heterocycles. The van der Waals surface area contributed by atoms with Crippen molar-refractivity contribution in [3.05, 3.63) is 60.8 Å². The zero-order chi connectivity index (χ0) is 49.3. The molecule has 0 fully saturated rings. The van der Waals surface area contributed by atoms with E-state index in [0.29, 0.717) is 19.3 Å². The molecule has 0 spiro atoms. The molecule has 0 aliphatic rings. The van der Waals surface area contributed by atoms with Crippen molar-refractivity contribution in [2.75, 3.05) is 13.2 Å². The molecule has 6 nitrogen and oxygen atoms in total. The van der Waals surface area contributed by atoms with Crippen LogP contribution in [0.2, 0.25) is 0 Å². The highest BCUT2D eigenvalue weighted by molar-refractivity contribution is 5.71. The SMILES string of the molecule is CC/C=C\C/C=C\C/C=C\C/C=C\CCCCCCCCCCCCCCCCCCCCC(=O)OCC(COC(=O)CCCCCCCCCCC)OC(=O)CCCCCCC/C=C\CCC. The van der Waals surface area contributed by atoms with E-state index in [9.17, 15) is 14.4 Å². The van der Waals surface area contributed by atoms with Gasteiger partial charge in [-0.05, 0) is 77.0 Å². The number of carbonyl (C=O) groups excluding carboxylic acids is 3. The van der Waals surface area contributed by atoms with Gasteiger partial charge >= 0.3 is 17.9 Å². The van der Waals surface area contributed by atoms with Crippen LogP contribution in [0, 0.1) is 0 Å². The maximum absolute atomic E-state index is 12.7. The van der Waals surface area contributed by atoms with Crippen molar-refractivity contribution in [1.82, 2.24) is 0 Å². The Bertz CT molecular complexity index is 1230. The molecule has 0 aromatic heterocycles. The Labute approximate surface area is 421 Å². The number of rotatable bonds is 53. The number of hydrogen-bond donors (Lipinski definition) is 0. The summed E-state index contributed by atoms with van der Waals surface area (Å²) in [5, 5.41) is 0. The second kappa shape index (κ2) is 56.7. The topological polar surface area (TPSA) is 78.9 Å². The van der Waals surface area contributed by atoms with Gasteiger partial charge < -0.3 is 14.2 Å². The highest BCUT2D eigenvalue weighted by atomic mass is 16.6. The Balaban J connectivity index is 3.99. The van der Waals surface area contributed by atoms with Crippen molar-refractivity contribution < 1.29 is 28.6 Å². The van der Waals surface area contributed by atoms with Crippen molar-refractivity contribution in [1.29, 1.82) is 0 Å². The molecule has 1 unspecified atom stereocenters. The van der Waals surface area contributed by atoms with Gasteiger partial charge in [-0.1, -0.05) is 261 Å². The van der Waals surface area contributed by atoms with E-state index in [1.807, 2.05) is 0 Å². The highest BCUT2D eigenvalue weighted by Gasteiger charge is 2.19. The van der Waals surface area contributed by atoms with Gasteiger partial charge in [-0.15, -0.1) is 0 Å². The zero-order valence-corrected chi connectivity index (χ0v) is 45.1. The van der Waals surface area contributed by atoms with Crippen LogP contribution in [-0.4, -0.2) is 37.2 Å². The van der Waals surface area contributed by atoms with Crippen LogP contribution < -0.4 is 0 Å². The first-order valence-corrected chi connectivity index (χ1v) is 29.3. The van der Waals surface area contributed by atoms with Gasteiger partial charge in [-0.2, -0.15) is 0 Å². The smallest absolute Gasteiger partial charge is 0.306 e. The maximum atomic E-state index is 12.7. The van der Waals surface area contributed by atoms with E-state index in [0.717, 1.165) is 103 Å². The molecule has 0 aromatic rings. The van der Waals surface area contributed by atoms with Gasteiger partial charge in [0.2, 0.25) is 0 Å². The fourth-order valence-corrected chi connectivity index (χ4v) is 8.38. The Morgan fingerprint density at radius 3 is 0.971 bits per heavy atom. The van der Waals surface area contributed by atoms with Gasteiger partial charge in [-0.3, -0.25) is 14.4 Å². The molecular formula is C62H110O6. The van der Waals surface area contributed by atoms with Crippen LogP contribution in [-0.2, 0) is 28.6 Å². The maximum Gasteiger partial charge on any atom is 0.306 e. The van der Waals surface area contributed by atoms with E-state index in [2.05, 4.69) is 81.5 Å². The van der Waals surface area contributed by atoms with Gasteiger partial charge in [0, 0.05) is 19.3 Å². The summed E-state index contributed by atoms with van der Waals surface area (Å²) in [6.07, 6.45) is 71.1. The minimum atomic E-state index is -0.772. The highest BCUT2D eigenvalue weighted by Crippen LogP contribution is 2.17. The number of ether oxygens (including phenoxy) is 3. The first-order chi connectivity index (χ1) is 33.5. The Kier molecular flexibility index (Phi) is 54.3. The molecule has 6 heteroatoms. The lowest BCUT2D eigenvalue weighted by atomic mass is 10.0. The molecule has 0 heterocycles. The third-order valence-corrected chi connectivity index (χ3v) is 12.7. The van der Waals surface area contributed by atoms with Crippen LogP contribution in [0.25, 0.3) is 0 Å². The molecule has 0 saturated carbocycles. The van der Waals surface area contributed by atoms with Gasteiger partial charge in [-0.25, -0.2) is 0 Å². The number of hydrogen-bond acceptors (Lipinski definition) is 6. The van der Waals surface area contributed by atoms with E-state index in [1.54, 1.807) is 0 Å². The second-order valence-corrected chi connectivity index (χ2v) is 19.5. The normalized spacial score (nSPS) is 12.5. The summed E-state index contributed by atoms with van der Waals surface area (Å²) in [6.45, 7) is 6.46. The summed E-state index contributed by atoms with van der Waals surface area (Å²) in [5.41, 5.74) is 0. The van der Waals surface area contributed by atoms with Gasteiger partial charge in [0.15, 0.2) is 6.10 Å². The van der Waals surface area contributed by atoms with Crippen LogP contribution >= 0.6 is 0 Å². The third kappa shape index (κ3) is 54.1. The molecule has 0 aliphatic carbocycles. The molecule has 0 amide bonds. The number of carbonyl (C=O) groups is 3. The number of unbranched alkanes of at least 4 members (excludes halogenated alkanes) is 32. The van der Waals surface area contributed by atoms with Crippen LogP contribution in [0.4, 0.5) is 0 Å². The fraction of sp³-hybridized carbons (Fsp3) is 0.790. The fourth-order valence-electron chi connectivity index (χ4n) is 8.38. The standard InChI is InChI=1S/C62H110O6/c1-4-7-10-13-16-19-21-22-23-24-25-26-27-28-29-30-31-32-33-34-35-36-37-38-39-40-41-44-46-49-52-55-61(64)67-58-59(57-66-60(63)54-51-48-45-42-18-15-12-9-6-3)68-62(65)56-53-50-47-43-20-17-14-11-8-5-2/h7,10-11,14,16,19,22-23,25-26,59H,4-6,8-9,12-13,15,17-18,20-21,24,27-58H2,1-3H3/b10-7-,14-11-,19-16-,23-22-,26-25-. The molecule has 0 N–H and O–H groups in total. The van der Waals surface area contributed by atoms with Gasteiger partial charge in [0.1, 0.15) is 13.2 Å². The van der Waals surface area contributed by atoms with Crippen LogP contribution in [0.5, 0.6) is 0 Å². The second-order valence-electron chi connectivity index (χ2n) is 19.5. The van der Waals surface area contributed by atoms with Gasteiger partial charge in [0.25, 0.3) is 0 Å². The lowest BCUT2D eigenvalue weighted by Crippen LogP contribution is -2.30. The molecule has 0 radical (unpaired) electrons. The van der Waals surface area contributed by atoms with E-state index in [1.165, 1.54) is 154 Å². The lowest BCUT2D eigenvalue weighted by Gasteiger charge is -2.18. The lowest BCUT2D eigenvalue weighted by molar-refractivity contribution is -0.167. The van der Waals surface area contributed by atoms with Crippen molar-refractivity contribution in [3.8, 4) is 0 Å². The van der Waals surface area contributed by atoms with E-state index < -0.39 is 6.10 Å². The minimum Gasteiger partial charge on any atom is -0.462 e. The monoisotopic (exact) mass is 951 g/mol. The summed E-state index contributed by atoms with van der Waals surface area (Å²) < 4.78 is 16.8. The average Bonchev–Trinajstić information content (AvgIpc) is 3.34. The first kappa shape index (κ1) is 65.1. The predicted octanol–water partition coefficient (Wildman–Crippen LogP) is 19.6. The van der Waals surface area contributed by atoms with Crippen molar-refractivity contribution in [3.63, 3.8) is 0 Å². The minimum absolute atomic E-state index is 0.0733. The summed E-state index contributed by atoms with van der Waals surface area (Å²) in [6, 6.07) is 0. The third-order valence-electron chi connectivity index (χ3n) is 12.7. The number of esters is 3. The van der Waals surface area contributed by atoms with Crippen molar-refractivity contribution in [2.45, 2.75) is 303 Å². The van der Waals surface area contributed by atoms with Crippen LogP contribution in [0.3, 0.4) is 0 Å². The van der Waals surface area contributed by atoms with Gasteiger partial charge in [0.05, 0.1) is 0 Å². The molecule has 68 heavy (non-hydrogen) atoms. The summed E-state index contributed by atoms with van der Waals surface area (Å²) in [5.74, 6) is -0.877. The molecule has 1 atom stereocenters. The number of allylic oxidation sites excluding steroid dienone is 10. The Morgan fingerprint density at radius 1 is 0.309 bits per heavy atom. The van der Waals surface area contributed by atoms with Crippen LogP contribution in [0.1, 0.15) is 297 Å². The van der Waals surface area contributed by atoms with Crippen molar-refractivity contribution >= 4 is 17.9 Å². The van der Waals surface area contributed by atoms with E-state index in [4.69, 9.17) is 14.2 Å². The average molecular weight is 952 g/mol. The molecule has 0 rings (SSSR count). The molecule has 0 aromatic carbocycles. The largest absolute Gasteiger partial charge is 0.462 e. The van der Waals surface area contributed by atoms with E-state index >= 15 is 0 Å². The van der Waals surface area contributed by atoms with Crippen LogP contribution in [0.15, 0.2) is 60.8 Å². The summed E-state index contributed by atoms with van der Waals surface area (Å²) in [4.78, 5) is 37.9. The van der Waals surface area contributed by atoms with Crippen molar-refractivity contribution in [2.24, 2.45) is 0 Å². The summed E-state index contributed by atoms with van der Waals surface area (Å²) >= 11 is 0. The predicted molar refractivity (Wildman–Crippen MR) is 293 cm³/mol. The van der Waals surface area contributed by atoms with E-state index in [-0.39, 0.29) is 31.1 Å². The summed E-state index contributed by atoms with van der Waals surface area (Å²) in [7, 11) is 0. The molecule has 0 bridgehead atoms. The Hall–Kier alpha value is -2.89. The molecule has 394 valence electrons. The molecule has 0 saturated heterocycles. The Morgan fingerprint density at radius 2 is 0.603 bits per heavy atom.